The fraction of sp³-hybridized carbons (Fsp3) is 0.333. The van der Waals surface area contributed by atoms with E-state index in [0.29, 0.717) is 0 Å². The summed E-state index contributed by atoms with van der Waals surface area (Å²) >= 11 is 0. The SMILES string of the molecule is CC1(C)OB(c2ccccc2-c2ccccc2O)OC1(C)C. The number of benzene rings is 2. The maximum atomic E-state index is 10.2. The second kappa shape index (κ2) is 5.15. The number of para-hydroxylation sites is 1. The standard InChI is InChI=1S/C18H21BO3/c1-17(2)18(3,4)22-19(21-17)15-11-7-5-9-13(15)14-10-6-8-12-16(14)20/h5-12,20H,1-4H3. The van der Waals surface area contributed by atoms with Crippen LogP contribution < -0.4 is 5.46 Å². The minimum Gasteiger partial charge on any atom is -0.507 e. The third kappa shape index (κ3) is 2.42. The molecule has 3 nitrogen and oxygen atoms in total. The molecule has 1 aliphatic heterocycles. The van der Waals surface area contributed by atoms with Crippen molar-refractivity contribution in [1.29, 1.82) is 0 Å². The van der Waals surface area contributed by atoms with Gasteiger partial charge in [0.2, 0.25) is 0 Å². The van der Waals surface area contributed by atoms with Crippen LogP contribution in [0.5, 0.6) is 5.75 Å². The topological polar surface area (TPSA) is 38.7 Å². The Morgan fingerprint density at radius 2 is 1.27 bits per heavy atom. The van der Waals surface area contributed by atoms with E-state index < -0.39 is 7.12 Å². The molecule has 4 heteroatoms. The molecule has 0 amide bonds. The molecule has 1 N–H and O–H groups in total. The van der Waals surface area contributed by atoms with Crippen molar-refractivity contribution in [3.05, 3.63) is 48.5 Å². The molecule has 0 radical (unpaired) electrons. The van der Waals surface area contributed by atoms with Gasteiger partial charge >= 0.3 is 7.12 Å². The van der Waals surface area contributed by atoms with Gasteiger partial charge in [0.25, 0.3) is 0 Å². The average molecular weight is 296 g/mol. The zero-order chi connectivity index (χ0) is 16.0. The highest BCUT2D eigenvalue weighted by Gasteiger charge is 2.52. The van der Waals surface area contributed by atoms with Crippen molar-refractivity contribution in [2.75, 3.05) is 0 Å². The van der Waals surface area contributed by atoms with Gasteiger partial charge in [-0.05, 0) is 44.8 Å². The van der Waals surface area contributed by atoms with Crippen molar-refractivity contribution in [2.45, 2.75) is 38.9 Å². The van der Waals surface area contributed by atoms with Gasteiger partial charge in [-0.1, -0.05) is 42.5 Å². The van der Waals surface area contributed by atoms with E-state index in [-0.39, 0.29) is 17.0 Å². The molecule has 1 aliphatic rings. The zero-order valence-corrected chi connectivity index (χ0v) is 13.5. The first-order valence-electron chi connectivity index (χ1n) is 7.55. The molecule has 1 fully saturated rings. The molecule has 1 heterocycles. The minimum absolute atomic E-state index is 0.256. The van der Waals surface area contributed by atoms with E-state index in [0.717, 1.165) is 16.6 Å². The van der Waals surface area contributed by atoms with Crippen molar-refractivity contribution < 1.29 is 14.4 Å². The fourth-order valence-electron chi connectivity index (χ4n) is 2.62. The number of aromatic hydroxyl groups is 1. The first-order chi connectivity index (χ1) is 10.3. The van der Waals surface area contributed by atoms with E-state index in [4.69, 9.17) is 9.31 Å². The number of hydrogen-bond donors (Lipinski definition) is 1. The maximum Gasteiger partial charge on any atom is 0.495 e. The first kappa shape index (κ1) is 15.1. The number of phenolic OH excluding ortho intramolecular Hbond substituents is 1. The molecular weight excluding hydrogens is 275 g/mol. The van der Waals surface area contributed by atoms with E-state index in [1.165, 1.54) is 0 Å². The Bertz CT molecular complexity index is 678. The summed E-state index contributed by atoms with van der Waals surface area (Å²) in [6.07, 6.45) is 0. The lowest BCUT2D eigenvalue weighted by atomic mass is 9.74. The van der Waals surface area contributed by atoms with E-state index in [9.17, 15) is 5.11 Å². The lowest BCUT2D eigenvalue weighted by Crippen LogP contribution is -2.41. The van der Waals surface area contributed by atoms with Crippen LogP contribution >= 0.6 is 0 Å². The Balaban J connectivity index is 2.06. The van der Waals surface area contributed by atoms with Crippen molar-refractivity contribution in [2.24, 2.45) is 0 Å². The maximum absolute atomic E-state index is 10.2. The summed E-state index contributed by atoms with van der Waals surface area (Å²) in [7, 11) is -0.444. The summed E-state index contributed by atoms with van der Waals surface area (Å²) in [4.78, 5) is 0. The predicted molar refractivity (Wildman–Crippen MR) is 89.3 cm³/mol. The Morgan fingerprint density at radius 1 is 0.773 bits per heavy atom. The number of rotatable bonds is 2. The van der Waals surface area contributed by atoms with Gasteiger partial charge in [0.15, 0.2) is 0 Å². The smallest absolute Gasteiger partial charge is 0.495 e. The largest absolute Gasteiger partial charge is 0.507 e. The van der Waals surface area contributed by atoms with Gasteiger partial charge in [-0.3, -0.25) is 0 Å². The molecule has 22 heavy (non-hydrogen) atoms. The van der Waals surface area contributed by atoms with Crippen LogP contribution in [0.1, 0.15) is 27.7 Å². The third-order valence-electron chi connectivity index (χ3n) is 4.66. The quantitative estimate of drug-likeness (QED) is 0.864. The van der Waals surface area contributed by atoms with Gasteiger partial charge in [0, 0.05) is 5.56 Å². The van der Waals surface area contributed by atoms with Crippen LogP contribution in [0.25, 0.3) is 11.1 Å². The summed E-state index contributed by atoms with van der Waals surface area (Å²) in [5, 5.41) is 10.2. The summed E-state index contributed by atoms with van der Waals surface area (Å²) in [5.41, 5.74) is 1.88. The first-order valence-corrected chi connectivity index (χ1v) is 7.55. The van der Waals surface area contributed by atoms with Gasteiger partial charge in [0.1, 0.15) is 5.75 Å². The highest BCUT2D eigenvalue weighted by Crippen LogP contribution is 2.38. The summed E-state index contributed by atoms with van der Waals surface area (Å²) in [6, 6.07) is 15.2. The Hall–Kier alpha value is -1.78. The molecule has 0 spiro atoms. The highest BCUT2D eigenvalue weighted by atomic mass is 16.7. The Morgan fingerprint density at radius 3 is 1.86 bits per heavy atom. The van der Waals surface area contributed by atoms with Crippen LogP contribution in [-0.2, 0) is 9.31 Å². The third-order valence-corrected chi connectivity index (χ3v) is 4.66. The van der Waals surface area contributed by atoms with Crippen LogP contribution in [0.15, 0.2) is 48.5 Å². The fourth-order valence-corrected chi connectivity index (χ4v) is 2.62. The number of hydrogen-bond acceptors (Lipinski definition) is 3. The van der Waals surface area contributed by atoms with Gasteiger partial charge in [-0.25, -0.2) is 0 Å². The van der Waals surface area contributed by atoms with E-state index >= 15 is 0 Å². The summed E-state index contributed by atoms with van der Waals surface area (Å²) in [6.45, 7) is 8.15. The molecule has 0 unspecified atom stereocenters. The molecule has 1 saturated heterocycles. The van der Waals surface area contributed by atoms with Crippen molar-refractivity contribution in [1.82, 2.24) is 0 Å². The van der Waals surface area contributed by atoms with E-state index in [1.807, 2.05) is 70.2 Å². The zero-order valence-electron chi connectivity index (χ0n) is 13.5. The van der Waals surface area contributed by atoms with E-state index in [2.05, 4.69) is 0 Å². The molecule has 0 saturated carbocycles. The highest BCUT2D eigenvalue weighted by molar-refractivity contribution is 6.63. The Kier molecular flexibility index (Phi) is 3.54. The lowest BCUT2D eigenvalue weighted by Gasteiger charge is -2.32. The van der Waals surface area contributed by atoms with Gasteiger partial charge in [-0.2, -0.15) is 0 Å². The minimum atomic E-state index is -0.444. The van der Waals surface area contributed by atoms with Crippen LogP contribution in [0, 0.1) is 0 Å². The second-order valence-corrected chi connectivity index (χ2v) is 6.69. The van der Waals surface area contributed by atoms with Crippen LogP contribution in [0.3, 0.4) is 0 Å². The second-order valence-electron chi connectivity index (χ2n) is 6.69. The predicted octanol–water partition coefficient (Wildman–Crippen LogP) is 3.36. The van der Waals surface area contributed by atoms with Gasteiger partial charge < -0.3 is 14.4 Å². The average Bonchev–Trinajstić information content (AvgIpc) is 2.68. The molecule has 0 aromatic heterocycles. The van der Waals surface area contributed by atoms with Crippen LogP contribution in [-0.4, -0.2) is 23.4 Å². The molecule has 2 aromatic rings. The van der Waals surface area contributed by atoms with E-state index in [1.54, 1.807) is 6.07 Å². The molecule has 114 valence electrons. The molecular formula is C18H21BO3. The molecule has 0 atom stereocenters. The molecule has 2 aromatic carbocycles. The lowest BCUT2D eigenvalue weighted by molar-refractivity contribution is 0.00578. The molecule has 3 rings (SSSR count). The molecule has 0 aliphatic carbocycles. The van der Waals surface area contributed by atoms with Crippen molar-refractivity contribution >= 4 is 12.6 Å². The van der Waals surface area contributed by atoms with Crippen molar-refractivity contribution in [3.8, 4) is 16.9 Å². The van der Waals surface area contributed by atoms with Crippen LogP contribution in [0.2, 0.25) is 0 Å². The number of phenols is 1. The summed E-state index contributed by atoms with van der Waals surface area (Å²) in [5.74, 6) is 0.256. The van der Waals surface area contributed by atoms with Gasteiger partial charge in [-0.15, -0.1) is 0 Å². The summed E-state index contributed by atoms with van der Waals surface area (Å²) < 4.78 is 12.3. The normalized spacial score (nSPS) is 19.4. The Labute approximate surface area is 132 Å². The van der Waals surface area contributed by atoms with Gasteiger partial charge in [0.05, 0.1) is 11.2 Å². The van der Waals surface area contributed by atoms with Crippen LogP contribution in [0.4, 0.5) is 0 Å². The molecule has 0 bridgehead atoms. The monoisotopic (exact) mass is 296 g/mol. The van der Waals surface area contributed by atoms with Crippen molar-refractivity contribution in [3.63, 3.8) is 0 Å².